The second-order valence-electron chi connectivity index (χ2n) is 3.52. The first-order valence-electron chi connectivity index (χ1n) is 4.69. The molecule has 1 N–H and O–H groups in total. The molecule has 0 aromatic heterocycles. The van der Waals surface area contributed by atoms with Crippen LogP contribution in [0.15, 0.2) is 0 Å². The number of hydrogen-bond donors (Lipinski definition) is 1. The molecule has 1 heterocycles. The molecule has 0 saturated carbocycles. The highest BCUT2D eigenvalue weighted by Gasteiger charge is 2.19. The van der Waals surface area contributed by atoms with Gasteiger partial charge in [0.05, 0.1) is 0 Å². The highest BCUT2D eigenvalue weighted by atomic mass is 15.1. The van der Waals surface area contributed by atoms with Crippen molar-refractivity contribution in [1.29, 1.82) is 0 Å². The van der Waals surface area contributed by atoms with Crippen LogP contribution in [0.5, 0.6) is 0 Å². The normalized spacial score (nSPS) is 26.2. The Balaban J connectivity index is 2.05. The number of nitrogens with zero attached hydrogens (tertiary/aromatic N) is 1. The third kappa shape index (κ3) is 2.80. The van der Waals surface area contributed by atoms with E-state index in [0.717, 1.165) is 6.04 Å². The van der Waals surface area contributed by atoms with E-state index in [0.29, 0.717) is 0 Å². The minimum Gasteiger partial charge on any atom is -0.320 e. The van der Waals surface area contributed by atoms with Crippen molar-refractivity contribution in [3.05, 3.63) is 0 Å². The van der Waals surface area contributed by atoms with Gasteiger partial charge in [0, 0.05) is 6.04 Å². The quantitative estimate of drug-likeness (QED) is 0.613. The molecule has 0 aliphatic carbocycles. The van der Waals surface area contributed by atoms with Crippen LogP contribution in [0.4, 0.5) is 0 Å². The summed E-state index contributed by atoms with van der Waals surface area (Å²) in [6, 6.07) is 0.878. The van der Waals surface area contributed by atoms with E-state index >= 15 is 0 Å². The minimum atomic E-state index is 0.878. The summed E-state index contributed by atoms with van der Waals surface area (Å²) < 4.78 is 0. The highest BCUT2D eigenvalue weighted by Crippen LogP contribution is 2.18. The molecule has 0 aromatic rings. The maximum absolute atomic E-state index is 3.19. The molecular weight excluding hydrogens is 136 g/mol. The molecule has 1 aliphatic heterocycles. The molecule has 11 heavy (non-hydrogen) atoms. The molecule has 1 saturated heterocycles. The first-order chi connectivity index (χ1) is 5.34. The van der Waals surface area contributed by atoms with E-state index < -0.39 is 0 Å². The number of hydrogen-bond acceptors (Lipinski definition) is 2. The van der Waals surface area contributed by atoms with Crippen LogP contribution in [-0.4, -0.2) is 38.1 Å². The standard InChI is InChI=1S/C9H20N2/c1-10-7-3-5-9-6-4-8-11(9)2/h9-10H,3-8H2,1-2H3/t9-/m0/s1. The lowest BCUT2D eigenvalue weighted by Gasteiger charge is -2.18. The predicted octanol–water partition coefficient (Wildman–Crippen LogP) is 1.08. The SMILES string of the molecule is CNCCC[C@H]1CCCN1C. The van der Waals surface area contributed by atoms with Crippen LogP contribution in [0.25, 0.3) is 0 Å². The lowest BCUT2D eigenvalue weighted by Crippen LogP contribution is -2.25. The van der Waals surface area contributed by atoms with Crippen molar-refractivity contribution in [2.75, 3.05) is 27.2 Å². The van der Waals surface area contributed by atoms with E-state index in [2.05, 4.69) is 17.3 Å². The molecule has 1 aliphatic rings. The van der Waals surface area contributed by atoms with Crippen molar-refractivity contribution in [3.63, 3.8) is 0 Å². The van der Waals surface area contributed by atoms with Gasteiger partial charge in [-0.15, -0.1) is 0 Å². The van der Waals surface area contributed by atoms with Gasteiger partial charge in [0.2, 0.25) is 0 Å². The Labute approximate surface area is 70.0 Å². The second-order valence-corrected chi connectivity index (χ2v) is 3.52. The Hall–Kier alpha value is -0.0800. The fourth-order valence-corrected chi connectivity index (χ4v) is 1.86. The zero-order chi connectivity index (χ0) is 8.10. The molecule has 66 valence electrons. The van der Waals surface area contributed by atoms with Gasteiger partial charge in [-0.05, 0) is 52.9 Å². The lowest BCUT2D eigenvalue weighted by molar-refractivity contribution is 0.291. The van der Waals surface area contributed by atoms with E-state index in [4.69, 9.17) is 0 Å². The summed E-state index contributed by atoms with van der Waals surface area (Å²) in [6.07, 6.45) is 5.52. The van der Waals surface area contributed by atoms with Gasteiger partial charge < -0.3 is 10.2 Å². The molecule has 1 atom stereocenters. The van der Waals surface area contributed by atoms with Crippen LogP contribution in [0, 0.1) is 0 Å². The Kier molecular flexibility index (Phi) is 3.87. The third-order valence-corrected chi connectivity index (χ3v) is 2.64. The fraction of sp³-hybridized carbons (Fsp3) is 1.00. The van der Waals surface area contributed by atoms with Crippen molar-refractivity contribution in [2.24, 2.45) is 0 Å². The summed E-state index contributed by atoms with van der Waals surface area (Å²) in [5.41, 5.74) is 0. The van der Waals surface area contributed by atoms with Crippen LogP contribution in [0.3, 0.4) is 0 Å². The Bertz CT molecular complexity index is 104. The largest absolute Gasteiger partial charge is 0.320 e. The molecule has 0 spiro atoms. The molecular formula is C9H20N2. The molecule has 0 unspecified atom stereocenters. The van der Waals surface area contributed by atoms with Gasteiger partial charge in [-0.3, -0.25) is 0 Å². The maximum atomic E-state index is 3.19. The van der Waals surface area contributed by atoms with Gasteiger partial charge in [-0.25, -0.2) is 0 Å². The number of likely N-dealkylation sites (tertiary alicyclic amines) is 1. The van der Waals surface area contributed by atoms with Crippen LogP contribution >= 0.6 is 0 Å². The zero-order valence-electron chi connectivity index (χ0n) is 7.77. The Morgan fingerprint density at radius 1 is 1.55 bits per heavy atom. The Morgan fingerprint density at radius 2 is 2.36 bits per heavy atom. The van der Waals surface area contributed by atoms with Gasteiger partial charge in [-0.1, -0.05) is 0 Å². The zero-order valence-corrected chi connectivity index (χ0v) is 7.77. The number of rotatable bonds is 4. The van der Waals surface area contributed by atoms with E-state index in [1.54, 1.807) is 0 Å². The molecule has 0 bridgehead atoms. The Morgan fingerprint density at radius 3 is 2.91 bits per heavy atom. The summed E-state index contributed by atoms with van der Waals surface area (Å²) in [6.45, 7) is 2.48. The van der Waals surface area contributed by atoms with Crippen molar-refractivity contribution < 1.29 is 0 Å². The topological polar surface area (TPSA) is 15.3 Å². The average Bonchev–Trinajstić information content (AvgIpc) is 2.37. The van der Waals surface area contributed by atoms with E-state index in [1.165, 1.54) is 38.8 Å². The highest BCUT2D eigenvalue weighted by molar-refractivity contribution is 4.75. The van der Waals surface area contributed by atoms with E-state index in [-0.39, 0.29) is 0 Å². The lowest BCUT2D eigenvalue weighted by atomic mass is 10.1. The van der Waals surface area contributed by atoms with Gasteiger partial charge >= 0.3 is 0 Å². The van der Waals surface area contributed by atoms with E-state index in [9.17, 15) is 0 Å². The monoisotopic (exact) mass is 156 g/mol. The summed E-state index contributed by atoms with van der Waals surface area (Å²) in [4.78, 5) is 2.50. The molecule has 1 fully saturated rings. The first-order valence-corrected chi connectivity index (χ1v) is 4.69. The van der Waals surface area contributed by atoms with Crippen LogP contribution in [-0.2, 0) is 0 Å². The maximum Gasteiger partial charge on any atom is 0.00931 e. The first kappa shape index (κ1) is 9.01. The molecule has 2 heteroatoms. The molecule has 0 radical (unpaired) electrons. The van der Waals surface area contributed by atoms with Gasteiger partial charge in [-0.2, -0.15) is 0 Å². The van der Waals surface area contributed by atoms with Crippen molar-refractivity contribution in [3.8, 4) is 0 Å². The van der Waals surface area contributed by atoms with Crippen molar-refractivity contribution in [2.45, 2.75) is 31.7 Å². The smallest absolute Gasteiger partial charge is 0.00931 e. The third-order valence-electron chi connectivity index (χ3n) is 2.64. The van der Waals surface area contributed by atoms with Crippen LogP contribution in [0.2, 0.25) is 0 Å². The fourth-order valence-electron chi connectivity index (χ4n) is 1.86. The molecule has 2 nitrogen and oxygen atoms in total. The van der Waals surface area contributed by atoms with Gasteiger partial charge in [0.15, 0.2) is 0 Å². The average molecular weight is 156 g/mol. The minimum absolute atomic E-state index is 0.878. The number of nitrogens with one attached hydrogen (secondary N) is 1. The van der Waals surface area contributed by atoms with Gasteiger partial charge in [0.25, 0.3) is 0 Å². The van der Waals surface area contributed by atoms with Crippen LogP contribution in [0.1, 0.15) is 25.7 Å². The van der Waals surface area contributed by atoms with Crippen molar-refractivity contribution in [1.82, 2.24) is 10.2 Å². The summed E-state index contributed by atoms with van der Waals surface area (Å²) in [7, 11) is 4.27. The predicted molar refractivity (Wildman–Crippen MR) is 48.8 cm³/mol. The molecule has 0 aromatic carbocycles. The van der Waals surface area contributed by atoms with Gasteiger partial charge in [0.1, 0.15) is 0 Å². The summed E-state index contributed by atoms with van der Waals surface area (Å²) in [5.74, 6) is 0. The van der Waals surface area contributed by atoms with E-state index in [1.807, 2.05) is 7.05 Å². The van der Waals surface area contributed by atoms with Crippen LogP contribution < -0.4 is 5.32 Å². The van der Waals surface area contributed by atoms with Crippen molar-refractivity contribution >= 4 is 0 Å². The molecule has 1 rings (SSSR count). The summed E-state index contributed by atoms with van der Waals surface area (Å²) >= 11 is 0. The summed E-state index contributed by atoms with van der Waals surface area (Å²) in [5, 5.41) is 3.19. The molecule has 0 amide bonds. The second kappa shape index (κ2) is 4.73.